The molecule has 0 aromatic carbocycles. The van der Waals surface area contributed by atoms with Crippen molar-refractivity contribution in [1.82, 2.24) is 0 Å². The molecule has 3 fully saturated rings. The predicted octanol–water partition coefficient (Wildman–Crippen LogP) is 6.92. The fourth-order valence-electron chi connectivity index (χ4n) is 8.90. The molecule has 176 valence electrons. The van der Waals surface area contributed by atoms with Crippen LogP contribution in [0.2, 0.25) is 0 Å². The largest absolute Gasteiger partial charge is 0.393 e. The van der Waals surface area contributed by atoms with E-state index in [9.17, 15) is 10.2 Å². The van der Waals surface area contributed by atoms with Crippen molar-refractivity contribution in [1.29, 1.82) is 0 Å². The third-order valence-corrected chi connectivity index (χ3v) is 11.2. The van der Waals surface area contributed by atoms with Crippen LogP contribution in [0.4, 0.5) is 0 Å². The molecular weight excluding hydrogens is 380 g/mol. The van der Waals surface area contributed by atoms with Gasteiger partial charge in [0.1, 0.15) is 0 Å². The first kappa shape index (κ1) is 23.6. The van der Waals surface area contributed by atoms with Crippen LogP contribution in [0, 0.1) is 46.3 Å². The van der Waals surface area contributed by atoms with Crippen molar-refractivity contribution < 1.29 is 10.2 Å². The fourth-order valence-corrected chi connectivity index (χ4v) is 8.90. The minimum Gasteiger partial charge on any atom is -0.393 e. The zero-order valence-corrected chi connectivity index (χ0v) is 20.9. The summed E-state index contributed by atoms with van der Waals surface area (Å²) in [6.07, 6.45) is 16.0. The molecule has 0 saturated heterocycles. The van der Waals surface area contributed by atoms with E-state index < -0.39 is 5.60 Å². The molecule has 0 aromatic rings. The summed E-state index contributed by atoms with van der Waals surface area (Å²) in [5.41, 5.74) is 1.65. The van der Waals surface area contributed by atoms with E-state index >= 15 is 0 Å². The highest BCUT2D eigenvalue weighted by Gasteiger charge is 2.59. The first-order valence-electron chi connectivity index (χ1n) is 13.3. The maximum atomic E-state index is 11.0. The summed E-state index contributed by atoms with van der Waals surface area (Å²) >= 11 is 0. The first-order chi connectivity index (χ1) is 14.5. The van der Waals surface area contributed by atoms with Gasteiger partial charge in [0.25, 0.3) is 0 Å². The van der Waals surface area contributed by atoms with Gasteiger partial charge in [0.05, 0.1) is 11.7 Å². The molecule has 0 radical (unpaired) electrons. The third-order valence-electron chi connectivity index (χ3n) is 11.2. The normalized spacial score (nSPS) is 45.2. The number of aliphatic hydroxyl groups is 2. The second-order valence-corrected chi connectivity index (χ2v) is 12.8. The molecule has 4 aliphatic rings. The molecule has 0 aliphatic heterocycles. The van der Waals surface area contributed by atoms with Gasteiger partial charge < -0.3 is 10.2 Å². The topological polar surface area (TPSA) is 40.5 Å². The van der Waals surface area contributed by atoms with Gasteiger partial charge in [-0.1, -0.05) is 52.3 Å². The van der Waals surface area contributed by atoms with Gasteiger partial charge >= 0.3 is 0 Å². The van der Waals surface area contributed by atoms with Gasteiger partial charge in [-0.05, 0) is 111 Å². The van der Waals surface area contributed by atoms with Crippen molar-refractivity contribution in [2.24, 2.45) is 46.3 Å². The van der Waals surface area contributed by atoms with E-state index in [1.807, 2.05) is 0 Å². The summed E-state index contributed by atoms with van der Waals surface area (Å²) in [6, 6.07) is 0. The lowest BCUT2D eigenvalue weighted by molar-refractivity contribution is -0.0590. The lowest BCUT2D eigenvalue weighted by Crippen LogP contribution is -2.50. The Kier molecular flexibility index (Phi) is 6.32. The van der Waals surface area contributed by atoms with Gasteiger partial charge in [-0.3, -0.25) is 0 Å². The van der Waals surface area contributed by atoms with Crippen molar-refractivity contribution in [2.45, 2.75) is 111 Å². The summed E-state index contributed by atoms with van der Waals surface area (Å²) in [7, 11) is 0. The second-order valence-electron chi connectivity index (χ2n) is 12.8. The van der Waals surface area contributed by atoms with E-state index in [0.29, 0.717) is 16.7 Å². The summed E-state index contributed by atoms with van der Waals surface area (Å²) in [5, 5.41) is 21.2. The molecule has 2 heteroatoms. The van der Waals surface area contributed by atoms with E-state index in [4.69, 9.17) is 0 Å². The van der Waals surface area contributed by atoms with Gasteiger partial charge in [0.15, 0.2) is 0 Å². The van der Waals surface area contributed by atoms with Crippen LogP contribution >= 0.6 is 0 Å². The average Bonchev–Trinajstić information content (AvgIpc) is 3.09. The second kappa shape index (κ2) is 8.32. The Labute approximate surface area is 191 Å². The summed E-state index contributed by atoms with van der Waals surface area (Å²) < 4.78 is 0. The Balaban J connectivity index is 1.49. The fraction of sp³-hybridized carbons (Fsp3) is 0.862. The molecule has 4 aliphatic carbocycles. The number of aliphatic hydroxyl groups excluding tert-OH is 1. The maximum Gasteiger partial charge on any atom is 0.0847 e. The third kappa shape index (κ3) is 3.78. The lowest BCUT2D eigenvalue weighted by atomic mass is 9.47. The van der Waals surface area contributed by atoms with Crippen LogP contribution in [-0.4, -0.2) is 21.9 Å². The van der Waals surface area contributed by atoms with Crippen LogP contribution in [0.25, 0.3) is 0 Å². The zero-order valence-electron chi connectivity index (χ0n) is 20.9. The van der Waals surface area contributed by atoms with Crippen molar-refractivity contribution in [3.05, 3.63) is 24.3 Å². The van der Waals surface area contributed by atoms with Crippen LogP contribution in [0.5, 0.6) is 0 Å². The Morgan fingerprint density at radius 2 is 1.87 bits per heavy atom. The van der Waals surface area contributed by atoms with Crippen molar-refractivity contribution in [3.8, 4) is 0 Å². The van der Waals surface area contributed by atoms with Gasteiger partial charge in [0.2, 0.25) is 0 Å². The smallest absolute Gasteiger partial charge is 0.0847 e. The van der Waals surface area contributed by atoms with Crippen LogP contribution in [-0.2, 0) is 0 Å². The zero-order chi connectivity index (χ0) is 22.6. The van der Waals surface area contributed by atoms with E-state index in [-0.39, 0.29) is 12.0 Å². The average molecular weight is 429 g/mol. The van der Waals surface area contributed by atoms with E-state index in [0.717, 1.165) is 49.4 Å². The quantitative estimate of drug-likeness (QED) is 0.451. The van der Waals surface area contributed by atoms with Crippen LogP contribution in [0.3, 0.4) is 0 Å². The molecule has 9 atom stereocenters. The van der Waals surface area contributed by atoms with Crippen LogP contribution < -0.4 is 0 Å². The first-order valence-corrected chi connectivity index (χ1v) is 13.3. The van der Waals surface area contributed by atoms with Crippen molar-refractivity contribution >= 4 is 0 Å². The Morgan fingerprint density at radius 3 is 2.55 bits per heavy atom. The molecule has 31 heavy (non-hydrogen) atoms. The highest BCUT2D eigenvalue weighted by molar-refractivity contribution is 5.25. The minimum absolute atomic E-state index is 0.110. The summed E-state index contributed by atoms with van der Waals surface area (Å²) in [5.74, 6) is 4.17. The minimum atomic E-state index is -0.727. The molecule has 4 rings (SSSR count). The van der Waals surface area contributed by atoms with Crippen LogP contribution in [0.1, 0.15) is 98.8 Å². The highest BCUT2D eigenvalue weighted by atomic mass is 16.3. The number of hydrogen-bond donors (Lipinski definition) is 2. The SMILES string of the molecule is C=CC(O)(CC[C@@H](C)[C@H]1CCC2C3CC=C4C[C@@H](O)CC[C@]4(C)C3CC[C@@]21C)C(C)C. The number of hydrogen-bond acceptors (Lipinski definition) is 2. The van der Waals surface area contributed by atoms with Gasteiger partial charge in [0, 0.05) is 0 Å². The van der Waals surface area contributed by atoms with E-state index in [1.165, 1.54) is 38.5 Å². The van der Waals surface area contributed by atoms with Gasteiger partial charge in [-0.2, -0.15) is 0 Å². The maximum absolute atomic E-state index is 11.0. The Hall–Kier alpha value is -0.600. The predicted molar refractivity (Wildman–Crippen MR) is 130 cm³/mol. The highest BCUT2D eigenvalue weighted by Crippen LogP contribution is 2.67. The number of fused-ring (bicyclic) bond motifs is 5. The Morgan fingerprint density at radius 1 is 1.13 bits per heavy atom. The Bertz CT molecular complexity index is 710. The van der Waals surface area contributed by atoms with E-state index in [1.54, 1.807) is 11.6 Å². The van der Waals surface area contributed by atoms with Gasteiger partial charge in [-0.25, -0.2) is 0 Å². The molecule has 2 nitrogen and oxygen atoms in total. The molecule has 0 heterocycles. The summed E-state index contributed by atoms with van der Waals surface area (Å²) in [6.45, 7) is 15.7. The van der Waals surface area contributed by atoms with Crippen molar-refractivity contribution in [3.63, 3.8) is 0 Å². The lowest BCUT2D eigenvalue weighted by Gasteiger charge is -2.58. The molecule has 0 aromatic heterocycles. The van der Waals surface area contributed by atoms with Gasteiger partial charge in [-0.15, -0.1) is 6.58 Å². The van der Waals surface area contributed by atoms with E-state index in [2.05, 4.69) is 47.3 Å². The molecule has 0 bridgehead atoms. The molecule has 2 N–H and O–H groups in total. The molecular formula is C29H48O2. The molecule has 0 amide bonds. The molecule has 0 spiro atoms. The van der Waals surface area contributed by atoms with Crippen LogP contribution in [0.15, 0.2) is 24.3 Å². The number of rotatable bonds is 6. The monoisotopic (exact) mass is 428 g/mol. The molecule has 3 saturated carbocycles. The number of allylic oxidation sites excluding steroid dienone is 1. The summed E-state index contributed by atoms with van der Waals surface area (Å²) in [4.78, 5) is 0. The standard InChI is InChI=1S/C29H48O2/c1-7-29(31,19(2)3)17-12-20(4)24-10-11-25-23-9-8-21-18-22(30)13-15-27(21,5)26(23)14-16-28(24,25)6/h7-8,19-20,22-26,30-31H,1,9-18H2,2-6H3/t20-,22+,23?,24-,25?,26?,27+,28-,29?/m1/s1. The van der Waals surface area contributed by atoms with Crippen molar-refractivity contribution in [2.75, 3.05) is 0 Å². The molecule has 4 unspecified atom stereocenters.